The van der Waals surface area contributed by atoms with Gasteiger partial charge in [0.2, 0.25) is 5.95 Å². The van der Waals surface area contributed by atoms with Crippen molar-refractivity contribution < 1.29 is 4.74 Å². The Morgan fingerprint density at radius 1 is 1.45 bits per heavy atom. The Bertz CT molecular complexity index is 584. The molecule has 0 saturated heterocycles. The van der Waals surface area contributed by atoms with Crippen molar-refractivity contribution in [3.63, 3.8) is 0 Å². The summed E-state index contributed by atoms with van der Waals surface area (Å²) in [5.74, 6) is 1.62. The maximum Gasteiger partial charge on any atom is 0.225 e. The Balaban J connectivity index is 2.51. The van der Waals surface area contributed by atoms with Crippen LogP contribution in [-0.4, -0.2) is 43.8 Å². The molecule has 6 heteroatoms. The van der Waals surface area contributed by atoms with E-state index < -0.39 is 0 Å². The van der Waals surface area contributed by atoms with Gasteiger partial charge in [0.15, 0.2) is 0 Å². The Labute approximate surface area is 124 Å². The standard InChI is InChI=1S/C14H22N4OS/c1-6-10-7-11-12(18(4)9(2)8-19-5)16-14(15-3)17-13(11)20-10/h7,9H,6,8H2,1-5H3,(H,15,16,17). The summed E-state index contributed by atoms with van der Waals surface area (Å²) in [5, 5.41) is 4.16. The van der Waals surface area contributed by atoms with Gasteiger partial charge in [0, 0.05) is 26.1 Å². The highest BCUT2D eigenvalue weighted by Crippen LogP contribution is 2.32. The molecule has 2 heterocycles. The first-order chi connectivity index (χ1) is 9.60. The Kier molecular flexibility index (Phi) is 4.77. The second-order valence-electron chi connectivity index (χ2n) is 4.82. The molecule has 2 rings (SSSR count). The van der Waals surface area contributed by atoms with E-state index in [2.05, 4.69) is 40.1 Å². The maximum absolute atomic E-state index is 5.24. The number of aromatic nitrogens is 2. The van der Waals surface area contributed by atoms with Gasteiger partial charge in [0.05, 0.1) is 18.0 Å². The van der Waals surface area contributed by atoms with Gasteiger partial charge in [-0.1, -0.05) is 6.92 Å². The predicted octanol–water partition coefficient (Wildman–Crippen LogP) is 2.77. The molecule has 0 radical (unpaired) electrons. The monoisotopic (exact) mass is 294 g/mol. The molecule has 20 heavy (non-hydrogen) atoms. The Morgan fingerprint density at radius 3 is 2.80 bits per heavy atom. The molecule has 0 aliphatic heterocycles. The van der Waals surface area contributed by atoms with E-state index in [1.54, 1.807) is 18.4 Å². The van der Waals surface area contributed by atoms with Crippen LogP contribution in [0.4, 0.5) is 11.8 Å². The van der Waals surface area contributed by atoms with Crippen LogP contribution >= 0.6 is 11.3 Å². The van der Waals surface area contributed by atoms with E-state index in [1.165, 1.54) is 4.88 Å². The summed E-state index contributed by atoms with van der Waals surface area (Å²) in [4.78, 5) is 13.7. The van der Waals surface area contributed by atoms with E-state index in [4.69, 9.17) is 4.74 Å². The average molecular weight is 294 g/mol. The number of ether oxygens (including phenoxy) is 1. The highest BCUT2D eigenvalue weighted by molar-refractivity contribution is 7.18. The summed E-state index contributed by atoms with van der Waals surface area (Å²) >= 11 is 1.73. The second-order valence-corrected chi connectivity index (χ2v) is 5.94. The lowest BCUT2D eigenvalue weighted by molar-refractivity contribution is 0.183. The molecule has 1 unspecified atom stereocenters. The lowest BCUT2D eigenvalue weighted by Crippen LogP contribution is -2.33. The van der Waals surface area contributed by atoms with Crippen LogP contribution in [-0.2, 0) is 11.2 Å². The molecule has 0 fully saturated rings. The van der Waals surface area contributed by atoms with Gasteiger partial charge < -0.3 is 15.0 Å². The van der Waals surface area contributed by atoms with Gasteiger partial charge in [-0.3, -0.25) is 0 Å². The van der Waals surface area contributed by atoms with Gasteiger partial charge in [0.1, 0.15) is 10.6 Å². The molecular formula is C14H22N4OS. The molecule has 0 bridgehead atoms. The van der Waals surface area contributed by atoms with E-state index in [1.807, 2.05) is 14.1 Å². The fraction of sp³-hybridized carbons (Fsp3) is 0.571. The highest BCUT2D eigenvalue weighted by atomic mass is 32.1. The van der Waals surface area contributed by atoms with E-state index >= 15 is 0 Å². The van der Waals surface area contributed by atoms with Crippen molar-refractivity contribution in [1.29, 1.82) is 0 Å². The van der Waals surface area contributed by atoms with Crippen LogP contribution in [0.5, 0.6) is 0 Å². The lowest BCUT2D eigenvalue weighted by Gasteiger charge is -2.26. The first-order valence-electron chi connectivity index (χ1n) is 6.80. The zero-order chi connectivity index (χ0) is 14.7. The number of methoxy groups -OCH3 is 1. The number of nitrogens with one attached hydrogen (secondary N) is 1. The first kappa shape index (κ1) is 15.0. The number of anilines is 2. The van der Waals surface area contributed by atoms with Crippen molar-refractivity contribution in [2.75, 3.05) is 38.0 Å². The average Bonchev–Trinajstić information content (AvgIpc) is 2.88. The van der Waals surface area contributed by atoms with Crippen LogP contribution in [0.15, 0.2) is 6.07 Å². The van der Waals surface area contributed by atoms with Gasteiger partial charge in [0.25, 0.3) is 0 Å². The van der Waals surface area contributed by atoms with Crippen LogP contribution in [0.1, 0.15) is 18.7 Å². The molecule has 110 valence electrons. The SMILES string of the molecule is CCc1cc2c(N(C)C(C)COC)nc(NC)nc2s1. The third kappa shape index (κ3) is 2.86. The largest absolute Gasteiger partial charge is 0.383 e. The van der Waals surface area contributed by atoms with Crippen LogP contribution in [0.2, 0.25) is 0 Å². The van der Waals surface area contributed by atoms with E-state index in [0.29, 0.717) is 12.6 Å². The third-order valence-electron chi connectivity index (χ3n) is 3.40. The van der Waals surface area contributed by atoms with Crippen LogP contribution in [0.3, 0.4) is 0 Å². The summed E-state index contributed by atoms with van der Waals surface area (Å²) in [5.41, 5.74) is 0. The minimum atomic E-state index is 0.257. The van der Waals surface area contributed by atoms with Crippen molar-refractivity contribution >= 4 is 33.3 Å². The minimum absolute atomic E-state index is 0.257. The van der Waals surface area contributed by atoms with Crippen molar-refractivity contribution in [2.24, 2.45) is 0 Å². The van der Waals surface area contributed by atoms with E-state index in [0.717, 1.165) is 22.5 Å². The summed E-state index contributed by atoms with van der Waals surface area (Å²) < 4.78 is 5.24. The van der Waals surface area contributed by atoms with Gasteiger partial charge in [-0.25, -0.2) is 4.98 Å². The molecule has 0 spiro atoms. The zero-order valence-electron chi connectivity index (χ0n) is 12.7. The fourth-order valence-electron chi connectivity index (χ4n) is 2.07. The molecule has 0 amide bonds. The number of likely N-dealkylation sites (N-methyl/N-ethyl adjacent to an activating group) is 1. The minimum Gasteiger partial charge on any atom is -0.383 e. The van der Waals surface area contributed by atoms with Crippen molar-refractivity contribution in [1.82, 2.24) is 9.97 Å². The molecule has 1 N–H and O–H groups in total. The molecule has 2 aromatic rings. The molecule has 1 atom stereocenters. The number of aryl methyl sites for hydroxylation is 1. The summed E-state index contributed by atoms with van der Waals surface area (Å²) in [6.45, 7) is 4.96. The van der Waals surface area contributed by atoms with Crippen LogP contribution in [0, 0.1) is 0 Å². The summed E-state index contributed by atoms with van der Waals surface area (Å²) in [6, 6.07) is 2.46. The predicted molar refractivity (Wildman–Crippen MR) is 86.1 cm³/mol. The fourth-order valence-corrected chi connectivity index (χ4v) is 3.03. The Hall–Kier alpha value is -1.40. The number of fused-ring (bicyclic) bond motifs is 1. The van der Waals surface area contributed by atoms with Crippen molar-refractivity contribution in [3.8, 4) is 0 Å². The molecule has 0 aromatic carbocycles. The molecular weight excluding hydrogens is 272 g/mol. The van der Waals surface area contributed by atoms with Gasteiger partial charge >= 0.3 is 0 Å². The first-order valence-corrected chi connectivity index (χ1v) is 7.62. The Morgan fingerprint density at radius 2 is 2.20 bits per heavy atom. The number of thiophene rings is 1. The van der Waals surface area contributed by atoms with Crippen LogP contribution < -0.4 is 10.2 Å². The van der Waals surface area contributed by atoms with Crippen LogP contribution in [0.25, 0.3) is 10.2 Å². The third-order valence-corrected chi connectivity index (χ3v) is 4.57. The molecule has 0 aliphatic carbocycles. The smallest absolute Gasteiger partial charge is 0.225 e. The topological polar surface area (TPSA) is 50.3 Å². The number of nitrogens with zero attached hydrogens (tertiary/aromatic N) is 3. The molecule has 0 aliphatic rings. The number of hydrogen-bond donors (Lipinski definition) is 1. The van der Waals surface area contributed by atoms with E-state index in [-0.39, 0.29) is 6.04 Å². The maximum atomic E-state index is 5.24. The normalized spacial score (nSPS) is 12.7. The van der Waals surface area contributed by atoms with Gasteiger partial charge in [-0.2, -0.15) is 4.98 Å². The zero-order valence-corrected chi connectivity index (χ0v) is 13.5. The van der Waals surface area contributed by atoms with Crippen molar-refractivity contribution in [3.05, 3.63) is 10.9 Å². The summed E-state index contributed by atoms with van der Waals surface area (Å²) in [6.07, 6.45) is 1.02. The highest BCUT2D eigenvalue weighted by Gasteiger charge is 2.17. The summed E-state index contributed by atoms with van der Waals surface area (Å²) in [7, 11) is 5.62. The number of rotatable bonds is 6. The second kappa shape index (κ2) is 6.37. The van der Waals surface area contributed by atoms with E-state index in [9.17, 15) is 0 Å². The number of hydrogen-bond acceptors (Lipinski definition) is 6. The van der Waals surface area contributed by atoms with Gasteiger partial charge in [-0.15, -0.1) is 11.3 Å². The van der Waals surface area contributed by atoms with Gasteiger partial charge in [-0.05, 0) is 19.4 Å². The van der Waals surface area contributed by atoms with Crippen molar-refractivity contribution in [2.45, 2.75) is 26.3 Å². The molecule has 5 nitrogen and oxygen atoms in total. The molecule has 2 aromatic heterocycles. The quantitative estimate of drug-likeness (QED) is 0.888. The lowest BCUT2D eigenvalue weighted by atomic mass is 10.2. The molecule has 0 saturated carbocycles.